The molecule has 27 heavy (non-hydrogen) atoms. The molecule has 142 valence electrons. The highest BCUT2D eigenvalue weighted by atomic mass is 35.5. The number of benzene rings is 1. The van der Waals surface area contributed by atoms with Crippen LogP contribution < -0.4 is 15.5 Å². The Kier molecular flexibility index (Phi) is 5.32. The SMILES string of the molecule is CN(CCN[C@@H]1CCNc2c(Cl)cc(Cl)cc21)c1nc2nc(Cl)ccc2[nH]1. The third-order valence-corrected chi connectivity index (χ3v) is 5.42. The lowest BCUT2D eigenvalue weighted by Crippen LogP contribution is -2.34. The molecular formula is C18H19Cl3N6. The van der Waals surface area contributed by atoms with Gasteiger partial charge in [0.2, 0.25) is 5.95 Å². The number of nitrogens with one attached hydrogen (secondary N) is 3. The van der Waals surface area contributed by atoms with Gasteiger partial charge >= 0.3 is 0 Å². The van der Waals surface area contributed by atoms with E-state index in [4.69, 9.17) is 34.8 Å². The lowest BCUT2D eigenvalue weighted by atomic mass is 9.98. The van der Waals surface area contributed by atoms with Crippen LogP contribution in [0.15, 0.2) is 24.3 Å². The molecule has 0 fully saturated rings. The predicted molar refractivity (Wildman–Crippen MR) is 112 cm³/mol. The lowest BCUT2D eigenvalue weighted by molar-refractivity contribution is 0.504. The van der Waals surface area contributed by atoms with E-state index in [1.807, 2.05) is 19.2 Å². The maximum absolute atomic E-state index is 6.32. The summed E-state index contributed by atoms with van der Waals surface area (Å²) in [5.74, 6) is 0.762. The third-order valence-electron chi connectivity index (χ3n) is 4.69. The first-order valence-corrected chi connectivity index (χ1v) is 9.84. The van der Waals surface area contributed by atoms with Gasteiger partial charge in [-0.3, -0.25) is 0 Å². The summed E-state index contributed by atoms with van der Waals surface area (Å²) in [6, 6.07) is 7.59. The molecule has 3 aromatic rings. The summed E-state index contributed by atoms with van der Waals surface area (Å²) in [7, 11) is 1.99. The van der Waals surface area contributed by atoms with Gasteiger partial charge in [-0.1, -0.05) is 34.8 Å². The average molecular weight is 426 g/mol. The van der Waals surface area contributed by atoms with Crippen molar-refractivity contribution in [2.75, 3.05) is 36.9 Å². The minimum Gasteiger partial charge on any atom is -0.383 e. The highest BCUT2D eigenvalue weighted by molar-refractivity contribution is 6.36. The fourth-order valence-electron chi connectivity index (χ4n) is 3.31. The molecule has 0 saturated carbocycles. The number of anilines is 2. The van der Waals surface area contributed by atoms with Crippen LogP contribution in [0.2, 0.25) is 15.2 Å². The monoisotopic (exact) mass is 424 g/mol. The highest BCUT2D eigenvalue weighted by Gasteiger charge is 2.22. The Labute approximate surface area is 172 Å². The van der Waals surface area contributed by atoms with Crippen LogP contribution in [0, 0.1) is 0 Å². The zero-order valence-electron chi connectivity index (χ0n) is 14.7. The van der Waals surface area contributed by atoms with Gasteiger partial charge in [-0.15, -0.1) is 0 Å². The van der Waals surface area contributed by atoms with E-state index in [0.29, 0.717) is 20.8 Å². The van der Waals surface area contributed by atoms with Crippen LogP contribution >= 0.6 is 34.8 Å². The van der Waals surface area contributed by atoms with Crippen molar-refractivity contribution in [1.82, 2.24) is 20.3 Å². The van der Waals surface area contributed by atoms with Crippen molar-refractivity contribution in [1.29, 1.82) is 0 Å². The molecule has 2 aromatic heterocycles. The number of H-pyrrole nitrogens is 1. The Morgan fingerprint density at radius 3 is 2.93 bits per heavy atom. The van der Waals surface area contributed by atoms with Crippen molar-refractivity contribution in [3.8, 4) is 0 Å². The topological polar surface area (TPSA) is 68.9 Å². The molecule has 0 radical (unpaired) electrons. The van der Waals surface area contributed by atoms with Gasteiger partial charge in [0.05, 0.1) is 16.2 Å². The minimum absolute atomic E-state index is 0.210. The molecular weight excluding hydrogens is 407 g/mol. The van der Waals surface area contributed by atoms with E-state index in [1.54, 1.807) is 12.1 Å². The quantitative estimate of drug-likeness (QED) is 0.525. The summed E-state index contributed by atoms with van der Waals surface area (Å²) in [4.78, 5) is 14.0. The smallest absolute Gasteiger partial charge is 0.205 e. The van der Waals surface area contributed by atoms with E-state index < -0.39 is 0 Å². The molecule has 1 atom stereocenters. The van der Waals surface area contributed by atoms with Crippen LogP contribution in [-0.2, 0) is 0 Å². The number of nitrogens with zero attached hydrogens (tertiary/aromatic N) is 3. The van der Waals surface area contributed by atoms with Gasteiger partial charge in [0.1, 0.15) is 5.15 Å². The molecule has 0 amide bonds. The lowest BCUT2D eigenvalue weighted by Gasteiger charge is -2.29. The molecule has 0 saturated heterocycles. The van der Waals surface area contributed by atoms with Gasteiger partial charge in [-0.05, 0) is 36.2 Å². The Hall–Kier alpha value is -1.73. The first kappa shape index (κ1) is 18.6. The van der Waals surface area contributed by atoms with Gasteiger partial charge in [0.15, 0.2) is 5.65 Å². The molecule has 4 rings (SSSR count). The average Bonchev–Trinajstić information content (AvgIpc) is 3.05. The maximum atomic E-state index is 6.32. The molecule has 3 N–H and O–H groups in total. The molecule has 0 unspecified atom stereocenters. The van der Waals surface area contributed by atoms with Gasteiger partial charge in [0, 0.05) is 37.7 Å². The summed E-state index contributed by atoms with van der Waals surface area (Å²) < 4.78 is 0. The highest BCUT2D eigenvalue weighted by Crippen LogP contribution is 2.37. The van der Waals surface area contributed by atoms with Crippen LogP contribution in [0.1, 0.15) is 18.0 Å². The summed E-state index contributed by atoms with van der Waals surface area (Å²) in [5.41, 5.74) is 3.57. The van der Waals surface area contributed by atoms with Crippen LogP contribution in [-0.4, -0.2) is 41.6 Å². The molecule has 3 heterocycles. The summed E-state index contributed by atoms with van der Waals surface area (Å²) in [5, 5.41) is 8.71. The standard InChI is InChI=1S/C18H19Cl3N6/c1-27(18-24-14-2-3-15(21)25-17(14)26-18)7-6-22-13-4-5-23-16-11(13)8-10(19)9-12(16)20/h2-3,8-9,13,22-23H,4-7H2,1H3,(H,24,25,26)/t13-/m1/s1. The molecule has 0 aliphatic carbocycles. The van der Waals surface area contributed by atoms with E-state index in [-0.39, 0.29) is 6.04 Å². The number of rotatable bonds is 5. The van der Waals surface area contributed by atoms with Crippen molar-refractivity contribution < 1.29 is 0 Å². The second-order valence-electron chi connectivity index (χ2n) is 6.56. The Balaban J connectivity index is 1.41. The van der Waals surface area contributed by atoms with Gasteiger partial charge in [0.25, 0.3) is 0 Å². The zero-order valence-corrected chi connectivity index (χ0v) is 17.0. The number of aromatic nitrogens is 3. The fraction of sp³-hybridized carbons (Fsp3) is 0.333. The third kappa shape index (κ3) is 3.94. The number of imidazole rings is 1. The normalized spacial score (nSPS) is 16.2. The van der Waals surface area contributed by atoms with Crippen molar-refractivity contribution in [3.05, 3.63) is 45.0 Å². The molecule has 0 bridgehead atoms. The summed E-state index contributed by atoms with van der Waals surface area (Å²) in [6.07, 6.45) is 0.973. The molecule has 1 aromatic carbocycles. The zero-order chi connectivity index (χ0) is 19.0. The number of likely N-dealkylation sites (N-methyl/N-ethyl adjacent to an activating group) is 1. The van der Waals surface area contributed by atoms with Gasteiger partial charge < -0.3 is 20.5 Å². The minimum atomic E-state index is 0.210. The van der Waals surface area contributed by atoms with Crippen molar-refractivity contribution in [2.45, 2.75) is 12.5 Å². The predicted octanol–water partition coefficient (Wildman–Crippen LogP) is 4.50. The molecule has 1 aliphatic rings. The first-order chi connectivity index (χ1) is 13.0. The fourth-order valence-corrected chi connectivity index (χ4v) is 4.03. The van der Waals surface area contributed by atoms with Crippen molar-refractivity contribution in [2.24, 2.45) is 0 Å². The summed E-state index contributed by atoms with van der Waals surface area (Å²) in [6.45, 7) is 2.44. The van der Waals surface area contributed by atoms with Crippen LogP contribution in [0.4, 0.5) is 11.6 Å². The number of aromatic amines is 1. The van der Waals surface area contributed by atoms with E-state index in [9.17, 15) is 0 Å². The van der Waals surface area contributed by atoms with Crippen LogP contribution in [0.3, 0.4) is 0 Å². The Morgan fingerprint density at radius 2 is 2.07 bits per heavy atom. The van der Waals surface area contributed by atoms with E-state index in [2.05, 4.69) is 30.5 Å². The first-order valence-electron chi connectivity index (χ1n) is 8.71. The van der Waals surface area contributed by atoms with Gasteiger partial charge in [-0.2, -0.15) is 4.98 Å². The number of pyridine rings is 1. The van der Waals surface area contributed by atoms with E-state index >= 15 is 0 Å². The second kappa shape index (κ2) is 7.72. The largest absolute Gasteiger partial charge is 0.383 e. The number of halogens is 3. The van der Waals surface area contributed by atoms with Gasteiger partial charge in [-0.25, -0.2) is 4.98 Å². The maximum Gasteiger partial charge on any atom is 0.205 e. The van der Waals surface area contributed by atoms with Crippen LogP contribution in [0.25, 0.3) is 11.2 Å². The molecule has 6 nitrogen and oxygen atoms in total. The number of fused-ring (bicyclic) bond motifs is 2. The Morgan fingerprint density at radius 1 is 1.22 bits per heavy atom. The van der Waals surface area contributed by atoms with E-state index in [0.717, 1.165) is 48.8 Å². The van der Waals surface area contributed by atoms with Crippen molar-refractivity contribution in [3.63, 3.8) is 0 Å². The molecule has 1 aliphatic heterocycles. The number of hydrogen-bond acceptors (Lipinski definition) is 5. The number of hydrogen-bond donors (Lipinski definition) is 3. The molecule has 0 spiro atoms. The summed E-state index contributed by atoms with van der Waals surface area (Å²) >= 11 is 18.4. The molecule has 9 heteroatoms. The Bertz CT molecular complexity index is 973. The van der Waals surface area contributed by atoms with Crippen molar-refractivity contribution >= 4 is 57.6 Å². The second-order valence-corrected chi connectivity index (χ2v) is 7.79. The van der Waals surface area contributed by atoms with Crippen LogP contribution in [0.5, 0.6) is 0 Å². The van der Waals surface area contributed by atoms with E-state index in [1.165, 1.54) is 0 Å².